The standard InChI is InChI=1S/C16H22N2OS/c1-3-6-12-7-4-5-8-13(12)18-15(19)16(14(17)20)9-11(2)10-16/h4-5,7-8,11H,3,6,9-10H2,1-2H3,(H2,17,20)(H,18,19). The molecule has 3 N–H and O–H groups in total. The SMILES string of the molecule is CCCc1ccccc1NC(=O)C1(C(N)=S)CC(C)C1. The number of carbonyl (C=O) groups is 1. The van der Waals surface area contributed by atoms with Crippen LogP contribution in [-0.4, -0.2) is 10.9 Å². The van der Waals surface area contributed by atoms with Gasteiger partial charge in [-0.2, -0.15) is 0 Å². The number of aryl methyl sites for hydroxylation is 1. The number of nitrogens with one attached hydrogen (secondary N) is 1. The van der Waals surface area contributed by atoms with Gasteiger partial charge in [0.25, 0.3) is 0 Å². The van der Waals surface area contributed by atoms with E-state index in [1.165, 1.54) is 0 Å². The molecule has 0 aromatic heterocycles. The van der Waals surface area contributed by atoms with Crippen molar-refractivity contribution in [3.63, 3.8) is 0 Å². The van der Waals surface area contributed by atoms with Crippen LogP contribution in [0.4, 0.5) is 5.69 Å². The molecule has 2 rings (SSSR count). The number of anilines is 1. The molecule has 4 heteroatoms. The third kappa shape index (κ3) is 2.70. The number of para-hydroxylation sites is 1. The summed E-state index contributed by atoms with van der Waals surface area (Å²) in [7, 11) is 0. The molecule has 20 heavy (non-hydrogen) atoms. The first-order chi connectivity index (χ1) is 9.49. The molecule has 0 spiro atoms. The highest BCUT2D eigenvalue weighted by Crippen LogP contribution is 2.46. The monoisotopic (exact) mass is 290 g/mol. The van der Waals surface area contributed by atoms with Gasteiger partial charge in [-0.3, -0.25) is 4.79 Å². The van der Waals surface area contributed by atoms with Crippen LogP contribution in [0.25, 0.3) is 0 Å². The number of carbonyl (C=O) groups excluding carboxylic acids is 1. The molecule has 0 bridgehead atoms. The van der Waals surface area contributed by atoms with Crippen molar-refractivity contribution in [1.29, 1.82) is 0 Å². The van der Waals surface area contributed by atoms with Gasteiger partial charge in [0.1, 0.15) is 0 Å². The molecule has 1 aliphatic rings. The van der Waals surface area contributed by atoms with Crippen molar-refractivity contribution in [2.75, 3.05) is 5.32 Å². The maximum atomic E-state index is 12.6. The lowest BCUT2D eigenvalue weighted by molar-refractivity contribution is -0.127. The molecule has 1 aromatic carbocycles. The van der Waals surface area contributed by atoms with Crippen LogP contribution in [0.3, 0.4) is 0 Å². The third-order valence-electron chi connectivity index (χ3n) is 4.09. The van der Waals surface area contributed by atoms with Crippen molar-refractivity contribution in [2.24, 2.45) is 17.1 Å². The molecule has 0 radical (unpaired) electrons. The highest BCUT2D eigenvalue weighted by Gasteiger charge is 2.50. The largest absolute Gasteiger partial charge is 0.392 e. The minimum atomic E-state index is -0.645. The lowest BCUT2D eigenvalue weighted by Gasteiger charge is -2.44. The summed E-state index contributed by atoms with van der Waals surface area (Å²) in [6.07, 6.45) is 3.51. The number of benzene rings is 1. The summed E-state index contributed by atoms with van der Waals surface area (Å²) in [6, 6.07) is 7.93. The fourth-order valence-corrected chi connectivity index (χ4v) is 3.26. The van der Waals surface area contributed by atoms with Crippen molar-refractivity contribution in [3.8, 4) is 0 Å². The fraction of sp³-hybridized carbons (Fsp3) is 0.500. The van der Waals surface area contributed by atoms with Crippen LogP contribution in [-0.2, 0) is 11.2 Å². The van der Waals surface area contributed by atoms with Crippen LogP contribution < -0.4 is 11.1 Å². The molecule has 0 saturated heterocycles. The van der Waals surface area contributed by atoms with E-state index in [1.54, 1.807) is 0 Å². The first-order valence-corrected chi connectivity index (χ1v) is 7.59. The Balaban J connectivity index is 2.17. The Kier molecular flexibility index (Phi) is 4.43. The Hall–Kier alpha value is -1.42. The molecular weight excluding hydrogens is 268 g/mol. The van der Waals surface area contributed by atoms with Gasteiger partial charge in [0.05, 0.1) is 10.4 Å². The summed E-state index contributed by atoms with van der Waals surface area (Å²) in [5, 5.41) is 3.03. The molecule has 0 aliphatic heterocycles. The van der Waals surface area contributed by atoms with Gasteiger partial charge in [0.2, 0.25) is 5.91 Å². The van der Waals surface area contributed by atoms with E-state index in [4.69, 9.17) is 18.0 Å². The van der Waals surface area contributed by atoms with E-state index in [0.717, 1.165) is 36.9 Å². The molecule has 0 heterocycles. The molecule has 1 saturated carbocycles. The molecule has 1 fully saturated rings. The van der Waals surface area contributed by atoms with Crippen LogP contribution >= 0.6 is 12.2 Å². The molecule has 1 aliphatic carbocycles. The first kappa shape index (κ1) is 15.0. The first-order valence-electron chi connectivity index (χ1n) is 7.19. The molecule has 1 amide bonds. The summed E-state index contributed by atoms with van der Waals surface area (Å²) in [4.78, 5) is 12.9. The van der Waals surface area contributed by atoms with Crippen molar-refractivity contribution in [3.05, 3.63) is 29.8 Å². The van der Waals surface area contributed by atoms with E-state index < -0.39 is 5.41 Å². The van der Waals surface area contributed by atoms with E-state index in [-0.39, 0.29) is 5.91 Å². The normalized spacial score (nSPS) is 24.8. The summed E-state index contributed by atoms with van der Waals surface area (Å²) in [5.41, 5.74) is 7.22. The second-order valence-electron chi connectivity index (χ2n) is 5.82. The summed E-state index contributed by atoms with van der Waals surface area (Å²) >= 11 is 5.13. The summed E-state index contributed by atoms with van der Waals surface area (Å²) in [5.74, 6) is 0.458. The molecule has 0 unspecified atom stereocenters. The highest BCUT2D eigenvalue weighted by molar-refractivity contribution is 7.80. The lowest BCUT2D eigenvalue weighted by Crippen LogP contribution is -2.53. The Morgan fingerprint density at radius 1 is 1.45 bits per heavy atom. The predicted molar refractivity (Wildman–Crippen MR) is 86.7 cm³/mol. The number of hydrogen-bond donors (Lipinski definition) is 2. The minimum absolute atomic E-state index is 0.0494. The Morgan fingerprint density at radius 2 is 2.10 bits per heavy atom. The maximum absolute atomic E-state index is 12.6. The van der Waals surface area contributed by atoms with Crippen LogP contribution in [0.5, 0.6) is 0 Å². The second-order valence-corrected chi connectivity index (χ2v) is 6.26. The van der Waals surface area contributed by atoms with E-state index in [1.807, 2.05) is 18.2 Å². The zero-order valence-electron chi connectivity index (χ0n) is 12.1. The smallest absolute Gasteiger partial charge is 0.237 e. The number of thiocarbonyl (C=S) groups is 1. The zero-order valence-corrected chi connectivity index (χ0v) is 12.9. The minimum Gasteiger partial charge on any atom is -0.392 e. The number of rotatable bonds is 5. The number of nitrogens with two attached hydrogens (primary N) is 1. The van der Waals surface area contributed by atoms with Gasteiger partial charge in [0.15, 0.2) is 0 Å². The molecule has 0 atom stereocenters. The van der Waals surface area contributed by atoms with Gasteiger partial charge in [0, 0.05) is 5.69 Å². The van der Waals surface area contributed by atoms with Gasteiger partial charge in [-0.1, -0.05) is 50.7 Å². The van der Waals surface area contributed by atoms with E-state index in [2.05, 4.69) is 25.2 Å². The molecule has 3 nitrogen and oxygen atoms in total. The van der Waals surface area contributed by atoms with Gasteiger partial charge >= 0.3 is 0 Å². The van der Waals surface area contributed by atoms with Gasteiger partial charge in [-0.15, -0.1) is 0 Å². The Morgan fingerprint density at radius 3 is 2.65 bits per heavy atom. The maximum Gasteiger partial charge on any atom is 0.237 e. The predicted octanol–water partition coefficient (Wildman–Crippen LogP) is 3.28. The third-order valence-corrected chi connectivity index (χ3v) is 4.48. The van der Waals surface area contributed by atoms with Crippen LogP contribution in [0, 0.1) is 11.3 Å². The van der Waals surface area contributed by atoms with Gasteiger partial charge < -0.3 is 11.1 Å². The van der Waals surface area contributed by atoms with E-state index >= 15 is 0 Å². The quantitative estimate of drug-likeness (QED) is 0.818. The lowest BCUT2D eigenvalue weighted by atomic mass is 9.62. The molecule has 108 valence electrons. The average molecular weight is 290 g/mol. The van der Waals surface area contributed by atoms with Crippen molar-refractivity contribution < 1.29 is 4.79 Å². The topological polar surface area (TPSA) is 55.1 Å². The highest BCUT2D eigenvalue weighted by atomic mass is 32.1. The van der Waals surface area contributed by atoms with E-state index in [9.17, 15) is 4.79 Å². The van der Waals surface area contributed by atoms with Gasteiger partial charge in [-0.25, -0.2) is 0 Å². The van der Waals surface area contributed by atoms with Crippen molar-refractivity contribution >= 4 is 28.8 Å². The van der Waals surface area contributed by atoms with Crippen molar-refractivity contribution in [2.45, 2.75) is 39.5 Å². The Bertz CT molecular complexity index is 521. The van der Waals surface area contributed by atoms with E-state index in [0.29, 0.717) is 10.9 Å². The zero-order chi connectivity index (χ0) is 14.8. The Labute approximate surface area is 125 Å². The fourth-order valence-electron chi connectivity index (χ4n) is 3.00. The van der Waals surface area contributed by atoms with Crippen LogP contribution in [0.15, 0.2) is 24.3 Å². The van der Waals surface area contributed by atoms with Gasteiger partial charge in [-0.05, 0) is 36.8 Å². The summed E-state index contributed by atoms with van der Waals surface area (Å²) < 4.78 is 0. The average Bonchev–Trinajstić information content (AvgIpc) is 2.36. The van der Waals surface area contributed by atoms with Crippen LogP contribution in [0.1, 0.15) is 38.7 Å². The molecule has 1 aromatic rings. The molecular formula is C16H22N2OS. The number of hydrogen-bond acceptors (Lipinski definition) is 2. The second kappa shape index (κ2) is 5.92. The van der Waals surface area contributed by atoms with Crippen LogP contribution in [0.2, 0.25) is 0 Å². The number of amides is 1. The van der Waals surface area contributed by atoms with Crippen molar-refractivity contribution in [1.82, 2.24) is 0 Å². The summed E-state index contributed by atoms with van der Waals surface area (Å²) in [6.45, 7) is 4.25.